The van der Waals surface area contributed by atoms with Crippen LogP contribution in [0.1, 0.15) is 32.1 Å². The molecule has 1 saturated carbocycles. The molecule has 1 spiro atoms. The molecule has 3 rings (SSSR count). The van der Waals surface area contributed by atoms with Gasteiger partial charge < -0.3 is 5.32 Å². The molecule has 2 fully saturated rings. The van der Waals surface area contributed by atoms with Gasteiger partial charge in [0, 0.05) is 18.7 Å². The number of hydrogen-bond acceptors (Lipinski definition) is 4. The first-order valence-electron chi connectivity index (χ1n) is 6.85. The van der Waals surface area contributed by atoms with Gasteiger partial charge in [0.1, 0.15) is 10.7 Å². The average Bonchev–Trinajstić information content (AvgIpc) is 2.39. The number of amides is 1. The molecule has 1 unspecified atom stereocenters. The summed E-state index contributed by atoms with van der Waals surface area (Å²) in [5, 5.41) is 2.91. The van der Waals surface area contributed by atoms with E-state index in [2.05, 4.69) is 15.0 Å². The summed E-state index contributed by atoms with van der Waals surface area (Å²) < 4.78 is 40.4. The van der Waals surface area contributed by atoms with Crippen LogP contribution in [-0.4, -0.2) is 30.9 Å². The molecule has 1 atom stereocenters. The highest BCUT2D eigenvalue weighted by molar-refractivity contribution is 7.89. The van der Waals surface area contributed by atoms with Gasteiger partial charge in [-0.1, -0.05) is 0 Å². The Bertz CT molecular complexity index is 673. The lowest BCUT2D eigenvalue weighted by atomic mass is 9.68. The number of carbonyl (C=O) groups excluding carboxylic acids is 1. The first-order chi connectivity index (χ1) is 9.91. The van der Waals surface area contributed by atoms with Crippen LogP contribution in [0.5, 0.6) is 0 Å². The molecule has 2 heterocycles. The largest absolute Gasteiger partial charge is 0.349 e. The number of aromatic nitrogens is 1. The quantitative estimate of drug-likeness (QED) is 0.860. The summed E-state index contributed by atoms with van der Waals surface area (Å²) in [6, 6.07) is 0.571. The Balaban J connectivity index is 1.83. The van der Waals surface area contributed by atoms with Crippen molar-refractivity contribution in [2.45, 2.75) is 48.6 Å². The van der Waals surface area contributed by atoms with E-state index < -0.39 is 21.4 Å². The van der Waals surface area contributed by atoms with Crippen LogP contribution < -0.4 is 10.0 Å². The molecule has 1 amide bonds. The fraction of sp³-hybridized carbons (Fsp3) is 0.538. The minimum absolute atomic E-state index is 0.0439. The van der Waals surface area contributed by atoms with E-state index in [1.807, 2.05) is 0 Å². The zero-order chi connectivity index (χ0) is 15.1. The predicted molar refractivity (Wildman–Crippen MR) is 72.3 cm³/mol. The van der Waals surface area contributed by atoms with E-state index >= 15 is 0 Å². The second-order valence-corrected chi connectivity index (χ2v) is 7.32. The highest BCUT2D eigenvalue weighted by Crippen LogP contribution is 2.39. The molecule has 1 aliphatic heterocycles. The highest BCUT2D eigenvalue weighted by atomic mass is 32.2. The maximum Gasteiger partial charge on any atom is 0.242 e. The number of hydrogen-bond donors (Lipinski definition) is 2. The number of piperidine rings is 1. The summed E-state index contributed by atoms with van der Waals surface area (Å²) >= 11 is 0. The SMILES string of the molecule is O=C1CCC(NS(=O)(=O)c2cncc(F)c2)C2(CCC2)N1. The van der Waals surface area contributed by atoms with Gasteiger partial charge in [0.25, 0.3) is 0 Å². The Kier molecular flexibility index (Phi) is 3.45. The maximum atomic E-state index is 13.1. The van der Waals surface area contributed by atoms with E-state index in [9.17, 15) is 17.6 Å². The van der Waals surface area contributed by atoms with E-state index in [1.165, 1.54) is 0 Å². The molecule has 8 heteroatoms. The Morgan fingerprint density at radius 3 is 2.76 bits per heavy atom. The summed E-state index contributed by atoms with van der Waals surface area (Å²) in [6.07, 6.45) is 5.28. The minimum Gasteiger partial charge on any atom is -0.349 e. The van der Waals surface area contributed by atoms with Crippen molar-refractivity contribution in [1.29, 1.82) is 0 Å². The fourth-order valence-corrected chi connectivity index (χ4v) is 4.30. The number of halogens is 1. The van der Waals surface area contributed by atoms with Crippen LogP contribution in [0, 0.1) is 5.82 Å². The van der Waals surface area contributed by atoms with Crippen LogP contribution in [-0.2, 0) is 14.8 Å². The van der Waals surface area contributed by atoms with E-state index in [0.717, 1.165) is 37.7 Å². The van der Waals surface area contributed by atoms with Gasteiger partial charge in [-0.05, 0) is 31.7 Å². The van der Waals surface area contributed by atoms with E-state index in [1.54, 1.807) is 0 Å². The third-order valence-corrected chi connectivity index (χ3v) is 5.69. The summed E-state index contributed by atoms with van der Waals surface area (Å²) in [5.74, 6) is -0.745. The number of carbonyl (C=O) groups is 1. The van der Waals surface area contributed by atoms with Gasteiger partial charge in [0.05, 0.1) is 11.7 Å². The number of pyridine rings is 1. The molecule has 1 saturated heterocycles. The number of sulfonamides is 1. The van der Waals surface area contributed by atoms with Crippen LogP contribution in [0.2, 0.25) is 0 Å². The van der Waals surface area contributed by atoms with Gasteiger partial charge in [-0.15, -0.1) is 0 Å². The summed E-state index contributed by atoms with van der Waals surface area (Å²) in [5.41, 5.74) is -0.483. The Hall–Kier alpha value is -1.54. The lowest BCUT2D eigenvalue weighted by molar-refractivity contribution is -0.127. The molecular weight excluding hydrogens is 297 g/mol. The third-order valence-electron chi connectivity index (χ3n) is 4.25. The van der Waals surface area contributed by atoms with Crippen LogP contribution in [0.25, 0.3) is 0 Å². The number of nitrogens with one attached hydrogen (secondary N) is 2. The molecule has 2 aliphatic rings. The lowest BCUT2D eigenvalue weighted by Gasteiger charge is -2.50. The van der Waals surface area contributed by atoms with Crippen LogP contribution in [0.3, 0.4) is 0 Å². The third kappa shape index (κ3) is 2.65. The summed E-state index contributed by atoms with van der Waals surface area (Å²) in [4.78, 5) is 14.9. The molecule has 0 bridgehead atoms. The molecular formula is C13H16FN3O3S. The van der Waals surface area contributed by atoms with Crippen molar-refractivity contribution in [2.75, 3.05) is 0 Å². The van der Waals surface area contributed by atoms with Gasteiger partial charge in [-0.2, -0.15) is 0 Å². The molecule has 21 heavy (non-hydrogen) atoms. The first-order valence-corrected chi connectivity index (χ1v) is 8.34. The van der Waals surface area contributed by atoms with Crippen LogP contribution in [0.15, 0.2) is 23.4 Å². The molecule has 6 nitrogen and oxygen atoms in total. The van der Waals surface area contributed by atoms with Crippen molar-refractivity contribution in [1.82, 2.24) is 15.0 Å². The van der Waals surface area contributed by atoms with Crippen molar-refractivity contribution in [3.63, 3.8) is 0 Å². The highest BCUT2D eigenvalue weighted by Gasteiger charge is 2.49. The van der Waals surface area contributed by atoms with Crippen LogP contribution >= 0.6 is 0 Å². The second kappa shape index (κ2) is 5.03. The van der Waals surface area contributed by atoms with Crippen molar-refractivity contribution in [3.8, 4) is 0 Å². The van der Waals surface area contributed by atoms with Crippen molar-refractivity contribution in [3.05, 3.63) is 24.3 Å². The summed E-state index contributed by atoms with van der Waals surface area (Å²) in [6.45, 7) is 0. The number of rotatable bonds is 3. The van der Waals surface area contributed by atoms with E-state index in [4.69, 9.17) is 0 Å². The molecule has 1 aromatic heterocycles. The van der Waals surface area contributed by atoms with Gasteiger partial charge in [-0.3, -0.25) is 9.78 Å². The molecule has 0 aromatic carbocycles. The van der Waals surface area contributed by atoms with Crippen molar-refractivity contribution < 1.29 is 17.6 Å². The lowest BCUT2D eigenvalue weighted by Crippen LogP contribution is -2.68. The number of nitrogens with zero attached hydrogens (tertiary/aromatic N) is 1. The standard InChI is InChI=1S/C13H16FN3O3S/c14-9-6-10(8-15-7-9)21(19,20)17-11-2-3-12(18)16-13(11)4-1-5-13/h6-8,11,17H,1-5H2,(H,16,18). The normalized spacial score (nSPS) is 24.4. The molecule has 0 radical (unpaired) electrons. The van der Waals surface area contributed by atoms with Crippen molar-refractivity contribution >= 4 is 15.9 Å². The van der Waals surface area contributed by atoms with Crippen LogP contribution in [0.4, 0.5) is 4.39 Å². The monoisotopic (exact) mass is 313 g/mol. The zero-order valence-corrected chi connectivity index (χ0v) is 12.1. The molecule has 114 valence electrons. The Morgan fingerprint density at radius 1 is 1.38 bits per heavy atom. The first kappa shape index (κ1) is 14.4. The average molecular weight is 313 g/mol. The predicted octanol–water partition coefficient (Wildman–Crippen LogP) is 0.700. The Labute approximate surface area is 122 Å². The van der Waals surface area contributed by atoms with E-state index in [0.29, 0.717) is 6.42 Å². The van der Waals surface area contributed by atoms with Gasteiger partial charge >= 0.3 is 0 Å². The zero-order valence-electron chi connectivity index (χ0n) is 11.3. The Morgan fingerprint density at radius 2 is 2.14 bits per heavy atom. The molecule has 2 N–H and O–H groups in total. The van der Waals surface area contributed by atoms with Crippen molar-refractivity contribution in [2.24, 2.45) is 0 Å². The second-order valence-electron chi connectivity index (χ2n) is 5.61. The van der Waals surface area contributed by atoms with Gasteiger partial charge in [0.2, 0.25) is 15.9 Å². The minimum atomic E-state index is -3.85. The topological polar surface area (TPSA) is 88.2 Å². The maximum absolute atomic E-state index is 13.1. The summed E-state index contributed by atoms with van der Waals surface area (Å²) in [7, 11) is -3.85. The van der Waals surface area contributed by atoms with E-state index in [-0.39, 0.29) is 23.3 Å². The van der Waals surface area contributed by atoms with Gasteiger partial charge in [0.15, 0.2) is 0 Å². The molecule has 1 aliphatic carbocycles. The smallest absolute Gasteiger partial charge is 0.242 e. The molecule has 1 aromatic rings. The van der Waals surface area contributed by atoms with Gasteiger partial charge in [-0.25, -0.2) is 17.5 Å². The fourth-order valence-electron chi connectivity index (χ4n) is 2.98.